The fourth-order valence-electron chi connectivity index (χ4n) is 1.77. The third-order valence-electron chi connectivity index (χ3n) is 3.03. The van der Waals surface area contributed by atoms with Crippen molar-refractivity contribution in [2.24, 2.45) is 5.92 Å². The van der Waals surface area contributed by atoms with Crippen LogP contribution in [0.15, 0.2) is 24.3 Å². The molecule has 0 spiro atoms. The zero-order valence-electron chi connectivity index (χ0n) is 12.1. The minimum Gasteiger partial charge on any atom is -0.389 e. The Kier molecular flexibility index (Phi) is 6.01. The van der Waals surface area contributed by atoms with Gasteiger partial charge in [-0.05, 0) is 38.5 Å². The number of nitriles is 1. The van der Waals surface area contributed by atoms with Crippen LogP contribution < -0.4 is 5.32 Å². The number of hydrogen-bond acceptors (Lipinski definition) is 3. The van der Waals surface area contributed by atoms with E-state index in [1.807, 2.05) is 6.92 Å². The van der Waals surface area contributed by atoms with Crippen molar-refractivity contribution >= 4 is 11.7 Å². The molecule has 0 radical (unpaired) electrons. The summed E-state index contributed by atoms with van der Waals surface area (Å²) in [5.74, 6) is -0.196. The summed E-state index contributed by atoms with van der Waals surface area (Å²) in [6.07, 6.45) is -0.525. The van der Waals surface area contributed by atoms with Crippen LogP contribution in [0, 0.1) is 17.2 Å². The molecule has 0 saturated carbocycles. The maximum Gasteiger partial charge on any atom is 0.321 e. The predicted molar refractivity (Wildman–Crippen MR) is 78.1 cm³/mol. The number of nitrogens with zero attached hydrogens (tertiary/aromatic N) is 2. The van der Waals surface area contributed by atoms with Crippen molar-refractivity contribution in [3.8, 4) is 6.07 Å². The molecule has 0 aliphatic heterocycles. The molecule has 108 valence electrons. The number of anilines is 1. The highest BCUT2D eigenvalue weighted by molar-refractivity contribution is 5.89. The van der Waals surface area contributed by atoms with E-state index in [1.54, 1.807) is 43.0 Å². The molecular formula is C15H21N3O2. The zero-order valence-corrected chi connectivity index (χ0v) is 12.1. The summed E-state index contributed by atoms with van der Waals surface area (Å²) in [5.41, 5.74) is 1.47. The molecule has 5 nitrogen and oxygen atoms in total. The van der Waals surface area contributed by atoms with E-state index in [4.69, 9.17) is 5.26 Å². The van der Waals surface area contributed by atoms with Crippen LogP contribution in [0.2, 0.25) is 0 Å². The molecule has 0 aliphatic rings. The van der Waals surface area contributed by atoms with Crippen molar-refractivity contribution < 1.29 is 9.90 Å². The number of urea groups is 1. The van der Waals surface area contributed by atoms with Gasteiger partial charge in [-0.15, -0.1) is 0 Å². The molecular weight excluding hydrogens is 254 g/mol. The Balaban J connectivity index is 2.66. The van der Waals surface area contributed by atoms with Gasteiger partial charge in [-0.2, -0.15) is 5.26 Å². The van der Waals surface area contributed by atoms with Crippen molar-refractivity contribution in [2.45, 2.75) is 26.9 Å². The summed E-state index contributed by atoms with van der Waals surface area (Å²) in [6.45, 7) is 6.30. The smallest absolute Gasteiger partial charge is 0.321 e. The molecule has 2 atom stereocenters. The highest BCUT2D eigenvalue weighted by atomic mass is 16.3. The van der Waals surface area contributed by atoms with E-state index in [1.165, 1.54) is 0 Å². The highest BCUT2D eigenvalue weighted by Gasteiger charge is 2.14. The molecule has 20 heavy (non-hydrogen) atoms. The van der Waals surface area contributed by atoms with E-state index < -0.39 is 6.10 Å². The Morgan fingerprint density at radius 1 is 1.40 bits per heavy atom. The first-order valence-corrected chi connectivity index (χ1v) is 6.71. The Morgan fingerprint density at radius 3 is 2.45 bits per heavy atom. The second-order valence-electron chi connectivity index (χ2n) is 4.80. The first kappa shape index (κ1) is 16.0. The van der Waals surface area contributed by atoms with Crippen molar-refractivity contribution in [3.05, 3.63) is 29.8 Å². The van der Waals surface area contributed by atoms with Crippen LogP contribution >= 0.6 is 0 Å². The van der Waals surface area contributed by atoms with Crippen LogP contribution in [0.1, 0.15) is 32.4 Å². The largest absolute Gasteiger partial charge is 0.389 e. The van der Waals surface area contributed by atoms with Gasteiger partial charge >= 0.3 is 6.03 Å². The normalized spacial score (nSPS) is 13.2. The fraction of sp³-hybridized carbons (Fsp3) is 0.467. The Bertz CT molecular complexity index is 477. The minimum atomic E-state index is -0.525. The number of hydrogen-bond donors (Lipinski definition) is 2. The molecule has 5 heteroatoms. The van der Waals surface area contributed by atoms with Crippen LogP contribution in [0.3, 0.4) is 0 Å². The average Bonchev–Trinajstić information content (AvgIpc) is 2.44. The molecule has 0 bridgehead atoms. The number of carbonyl (C=O) groups excluding carboxylic acids is 1. The van der Waals surface area contributed by atoms with Crippen LogP contribution in [-0.2, 0) is 0 Å². The van der Waals surface area contributed by atoms with E-state index in [2.05, 4.69) is 11.4 Å². The van der Waals surface area contributed by atoms with E-state index in [0.717, 1.165) is 5.56 Å². The third-order valence-corrected chi connectivity index (χ3v) is 3.03. The highest BCUT2D eigenvalue weighted by Crippen LogP contribution is 2.16. The minimum absolute atomic E-state index is 0.196. The van der Waals surface area contributed by atoms with Crippen molar-refractivity contribution in [1.29, 1.82) is 5.26 Å². The van der Waals surface area contributed by atoms with Gasteiger partial charge in [0.25, 0.3) is 0 Å². The van der Waals surface area contributed by atoms with Gasteiger partial charge in [0.15, 0.2) is 0 Å². The molecule has 2 unspecified atom stereocenters. The van der Waals surface area contributed by atoms with Gasteiger partial charge in [-0.3, -0.25) is 0 Å². The average molecular weight is 275 g/mol. The van der Waals surface area contributed by atoms with Gasteiger partial charge in [0.1, 0.15) is 0 Å². The number of amides is 2. The van der Waals surface area contributed by atoms with Crippen LogP contribution in [0.5, 0.6) is 0 Å². The fourth-order valence-corrected chi connectivity index (χ4v) is 1.77. The molecule has 2 N–H and O–H groups in total. The van der Waals surface area contributed by atoms with Gasteiger partial charge in [-0.25, -0.2) is 4.79 Å². The number of aliphatic hydroxyl groups excluding tert-OH is 1. The molecule has 0 aromatic heterocycles. The zero-order chi connectivity index (χ0) is 15.1. The number of nitrogens with one attached hydrogen (secondary N) is 1. The lowest BCUT2D eigenvalue weighted by Crippen LogP contribution is -2.37. The quantitative estimate of drug-likeness (QED) is 0.867. The summed E-state index contributed by atoms with van der Waals surface area (Å²) in [7, 11) is 0. The van der Waals surface area contributed by atoms with Crippen molar-refractivity contribution in [3.63, 3.8) is 0 Å². The van der Waals surface area contributed by atoms with E-state index in [-0.39, 0.29) is 11.9 Å². The molecule has 1 aromatic rings. The van der Waals surface area contributed by atoms with Gasteiger partial charge in [0, 0.05) is 18.8 Å². The van der Waals surface area contributed by atoms with Gasteiger partial charge in [0.05, 0.1) is 18.1 Å². The van der Waals surface area contributed by atoms with Gasteiger partial charge < -0.3 is 15.3 Å². The Morgan fingerprint density at radius 2 is 2.00 bits per heavy atom. The molecule has 1 rings (SSSR count). The summed E-state index contributed by atoms with van der Waals surface area (Å²) in [4.78, 5) is 13.7. The van der Waals surface area contributed by atoms with Gasteiger partial charge in [0.2, 0.25) is 0 Å². The molecule has 2 amide bonds. The third kappa shape index (κ3) is 4.56. The standard InChI is InChI=1S/C15H21N3O2/c1-4-18(10-11(2)9-16)15(20)17-14-7-5-13(6-8-14)12(3)19/h5-8,11-12,19H,4,10H2,1-3H3,(H,17,20). The van der Waals surface area contributed by atoms with E-state index in [9.17, 15) is 9.90 Å². The van der Waals surface area contributed by atoms with Gasteiger partial charge in [-0.1, -0.05) is 12.1 Å². The number of benzene rings is 1. The molecule has 0 fully saturated rings. The monoisotopic (exact) mass is 275 g/mol. The SMILES string of the molecule is CCN(CC(C)C#N)C(=O)Nc1ccc(C(C)O)cc1. The van der Waals surface area contributed by atoms with Crippen LogP contribution in [0.4, 0.5) is 10.5 Å². The van der Waals surface area contributed by atoms with Crippen LogP contribution in [-0.4, -0.2) is 29.1 Å². The predicted octanol–water partition coefficient (Wildman–Crippen LogP) is 2.75. The summed E-state index contributed by atoms with van der Waals surface area (Å²) >= 11 is 0. The first-order chi connectivity index (χ1) is 9.47. The summed E-state index contributed by atoms with van der Waals surface area (Å²) in [6, 6.07) is 8.94. The Hall–Kier alpha value is -2.06. The second kappa shape index (κ2) is 7.51. The molecule has 0 saturated heterocycles. The molecule has 0 aliphatic carbocycles. The lowest BCUT2D eigenvalue weighted by molar-refractivity contribution is 0.199. The summed E-state index contributed by atoms with van der Waals surface area (Å²) < 4.78 is 0. The lowest BCUT2D eigenvalue weighted by Gasteiger charge is -2.22. The number of aliphatic hydroxyl groups is 1. The van der Waals surface area contributed by atoms with Crippen LogP contribution in [0.25, 0.3) is 0 Å². The molecule has 1 aromatic carbocycles. The number of carbonyl (C=O) groups is 1. The van der Waals surface area contributed by atoms with Crippen molar-refractivity contribution in [1.82, 2.24) is 4.90 Å². The maximum atomic E-state index is 12.1. The second-order valence-corrected chi connectivity index (χ2v) is 4.80. The van der Waals surface area contributed by atoms with E-state index in [0.29, 0.717) is 18.8 Å². The first-order valence-electron chi connectivity index (χ1n) is 6.71. The van der Waals surface area contributed by atoms with E-state index >= 15 is 0 Å². The molecule has 0 heterocycles. The Labute approximate surface area is 119 Å². The number of rotatable bonds is 5. The topological polar surface area (TPSA) is 76.4 Å². The lowest BCUT2D eigenvalue weighted by atomic mass is 10.1. The summed E-state index contributed by atoms with van der Waals surface area (Å²) in [5, 5.41) is 21.0. The maximum absolute atomic E-state index is 12.1. The van der Waals surface area contributed by atoms with Crippen molar-refractivity contribution in [2.75, 3.05) is 18.4 Å².